The first-order valence-electron chi connectivity index (χ1n) is 0. The fraction of sp³-hybridized carbons (Fsp3) is 0. The summed E-state index contributed by atoms with van der Waals surface area (Å²) in [5.74, 6) is 0. The zero-order valence-corrected chi connectivity index (χ0v) is 16.8. The molecule has 9 heteroatoms. The zero-order chi connectivity index (χ0) is 0. The number of rotatable bonds is 0. The van der Waals surface area contributed by atoms with Crippen LogP contribution in [-0.4, -0.2) is 34.7 Å². The van der Waals surface area contributed by atoms with Crippen LogP contribution < -0.4 is 0 Å². The van der Waals surface area contributed by atoms with E-state index in [1.54, 1.807) is 0 Å². The van der Waals surface area contributed by atoms with Crippen LogP contribution in [0, 0.1) is 79.9 Å². The van der Waals surface area contributed by atoms with Crippen LogP contribution in [-0.2, 0) is 81.8 Å². The van der Waals surface area contributed by atoms with Crippen LogP contribution in [0.5, 0.6) is 0 Å². The minimum absolute atomic E-state index is 0. The van der Waals surface area contributed by atoms with Crippen LogP contribution >= 0.6 is 0 Å². The van der Waals surface area contributed by atoms with Gasteiger partial charge in [-0.1, -0.05) is 0 Å². The second-order valence-corrected chi connectivity index (χ2v) is 0. The Hall–Kier alpha value is 5.80. The molecule has 0 N–H and O–H groups in total. The third-order valence-corrected chi connectivity index (χ3v) is 0. The van der Waals surface area contributed by atoms with E-state index in [0.717, 1.165) is 0 Å². The van der Waals surface area contributed by atoms with Crippen LogP contribution in [0.4, 0.5) is 0 Å². The maximum Gasteiger partial charge on any atom is 3.00 e. The average molecular weight is 594 g/mol. The molecule has 0 aliphatic rings. The molecule has 0 aromatic rings. The molecule has 9 heavy (non-hydrogen) atoms. The summed E-state index contributed by atoms with van der Waals surface area (Å²) < 4.78 is 0. The molecule has 46 valence electrons. The van der Waals surface area contributed by atoms with Crippen LogP contribution in [0.25, 0.3) is 0 Å². The molecule has 2 radical (unpaired) electrons. The summed E-state index contributed by atoms with van der Waals surface area (Å²) in [4.78, 5) is 0. The molecule has 0 amide bonds. The Balaban J connectivity index is 0. The van der Waals surface area contributed by atoms with Crippen molar-refractivity contribution in [1.82, 2.24) is 0 Å². The van der Waals surface area contributed by atoms with Crippen molar-refractivity contribution < 1.29 is 162 Å². The first-order valence-corrected chi connectivity index (χ1v) is 0. The van der Waals surface area contributed by atoms with E-state index in [-0.39, 0.29) is 196 Å². The van der Waals surface area contributed by atoms with Crippen molar-refractivity contribution in [2.45, 2.75) is 0 Å². The third-order valence-electron chi connectivity index (χ3n) is 0. The van der Waals surface area contributed by atoms with Gasteiger partial charge in [0.25, 0.3) is 0 Å². The molecule has 0 bridgehead atoms. The Morgan fingerprint density at radius 1 is 0.444 bits per heavy atom. The Bertz CT molecular complexity index is 17.8. The Morgan fingerprint density at radius 3 is 0.444 bits per heavy atom. The second-order valence-electron chi connectivity index (χ2n) is 0. The van der Waals surface area contributed by atoms with Gasteiger partial charge >= 0.3 is 34.7 Å². The van der Waals surface area contributed by atoms with Gasteiger partial charge in [-0.2, -0.15) is 0 Å². The topological polar surface area (TPSA) is 85.5 Å². The average Bonchev–Trinajstić information content (AvgIpc) is 0. The van der Waals surface area contributed by atoms with E-state index in [0.29, 0.717) is 0 Å². The molecule has 0 aromatic carbocycles. The molecule has 0 aliphatic carbocycles. The standard InChI is InChI=1S/2Al.2Gd.3O.2Y/q2*+3;;;3*-2;;. The van der Waals surface area contributed by atoms with Gasteiger partial charge in [0, 0.05) is 145 Å². The summed E-state index contributed by atoms with van der Waals surface area (Å²) in [5.41, 5.74) is 0. The summed E-state index contributed by atoms with van der Waals surface area (Å²) in [6.07, 6.45) is 0. The van der Waals surface area contributed by atoms with E-state index in [1.807, 2.05) is 0 Å². The van der Waals surface area contributed by atoms with Gasteiger partial charge in [0.1, 0.15) is 0 Å². The van der Waals surface area contributed by atoms with E-state index in [9.17, 15) is 0 Å². The summed E-state index contributed by atoms with van der Waals surface area (Å²) in [7, 11) is 0. The van der Waals surface area contributed by atoms with Gasteiger partial charge in [0.05, 0.1) is 0 Å². The molecule has 0 unspecified atom stereocenters. The van der Waals surface area contributed by atoms with Crippen molar-refractivity contribution in [1.29, 1.82) is 0 Å². The quantitative estimate of drug-likeness (QED) is 0.319. The second kappa shape index (κ2) is 67.2. The van der Waals surface area contributed by atoms with Gasteiger partial charge in [0.2, 0.25) is 0 Å². The molecule has 0 saturated carbocycles. The Morgan fingerprint density at radius 2 is 0.444 bits per heavy atom. The molecule has 0 fully saturated rings. The Kier molecular flexibility index (Phi) is 625. The minimum atomic E-state index is 0. The van der Waals surface area contributed by atoms with Gasteiger partial charge in [-0.25, -0.2) is 0 Å². The number of hydrogen-bond donors (Lipinski definition) is 0. The predicted molar refractivity (Wildman–Crippen MR) is 13.6 cm³/mol. The molecule has 0 rings (SSSR count). The maximum atomic E-state index is 0. The molecule has 0 aromatic heterocycles. The van der Waals surface area contributed by atoms with Crippen molar-refractivity contribution in [3.8, 4) is 0 Å². The van der Waals surface area contributed by atoms with Crippen LogP contribution in [0.2, 0.25) is 0 Å². The van der Waals surface area contributed by atoms with E-state index in [4.69, 9.17) is 0 Å². The van der Waals surface area contributed by atoms with E-state index < -0.39 is 0 Å². The summed E-state index contributed by atoms with van der Waals surface area (Å²) in [5, 5.41) is 0. The molecule has 0 atom stereocenters. The van der Waals surface area contributed by atoms with Gasteiger partial charge in [-0.15, -0.1) is 0 Å². The largest absolute Gasteiger partial charge is 3.00 e. The molecule has 0 aliphatic heterocycles. The first-order chi connectivity index (χ1) is 0. The molecular formula is Al2Gd2O3Y2. The monoisotopic (exact) mass is 596 g/mol. The van der Waals surface area contributed by atoms with Crippen LogP contribution in [0.1, 0.15) is 0 Å². The van der Waals surface area contributed by atoms with Crippen molar-refractivity contribution >= 4 is 34.7 Å². The predicted octanol–water partition coefficient (Wildman–Crippen LogP) is -1.12. The van der Waals surface area contributed by atoms with Crippen molar-refractivity contribution in [2.24, 2.45) is 0 Å². The van der Waals surface area contributed by atoms with Crippen LogP contribution in [0.3, 0.4) is 0 Å². The van der Waals surface area contributed by atoms with E-state index >= 15 is 0 Å². The van der Waals surface area contributed by atoms with Gasteiger partial charge in [-0.05, 0) is 0 Å². The van der Waals surface area contributed by atoms with Crippen molar-refractivity contribution in [3.05, 3.63) is 0 Å². The summed E-state index contributed by atoms with van der Waals surface area (Å²) in [6, 6.07) is 0. The molecular weight excluding hydrogens is 594 g/mol. The van der Waals surface area contributed by atoms with Crippen LogP contribution in [0.15, 0.2) is 0 Å². The summed E-state index contributed by atoms with van der Waals surface area (Å²) in [6.45, 7) is 0. The minimum Gasteiger partial charge on any atom is -2.00 e. The van der Waals surface area contributed by atoms with Gasteiger partial charge < -0.3 is 16.4 Å². The fourth-order valence-corrected chi connectivity index (χ4v) is 0. The molecule has 0 heterocycles. The zero-order valence-electron chi connectivity index (χ0n) is 4.24. The smallest absolute Gasteiger partial charge is 2.00 e. The molecule has 0 spiro atoms. The molecule has 3 nitrogen and oxygen atoms in total. The van der Waals surface area contributed by atoms with E-state index in [2.05, 4.69) is 0 Å². The maximum absolute atomic E-state index is 0. The third kappa shape index (κ3) is 57.1. The SMILES string of the molecule is [Al+3].[Al+3].[Gd].[Gd].[O-2].[O-2].[O-2].[Y].[Y]. The number of hydrogen-bond acceptors (Lipinski definition) is 0. The van der Waals surface area contributed by atoms with Crippen molar-refractivity contribution in [2.75, 3.05) is 0 Å². The van der Waals surface area contributed by atoms with E-state index in [1.165, 1.54) is 0 Å². The summed E-state index contributed by atoms with van der Waals surface area (Å²) >= 11 is 0. The fourth-order valence-electron chi connectivity index (χ4n) is 0. The normalized spacial score (nSPS) is 0. The van der Waals surface area contributed by atoms with Crippen molar-refractivity contribution in [3.63, 3.8) is 0 Å². The Labute approximate surface area is 191 Å². The van der Waals surface area contributed by atoms with Gasteiger partial charge in [0.15, 0.2) is 0 Å². The van der Waals surface area contributed by atoms with Gasteiger partial charge in [-0.3, -0.25) is 0 Å². The molecule has 0 saturated heterocycles. The first kappa shape index (κ1) is 83.8.